The number of hydrogen-bond donors (Lipinski definition) is 1. The number of carboxylic acid groups (broad SMARTS) is 1. The molecule has 1 fully saturated rings. The van der Waals surface area contributed by atoms with E-state index in [9.17, 15) is 0 Å². The quantitative estimate of drug-likeness (QED) is 0.697. The summed E-state index contributed by atoms with van der Waals surface area (Å²) in [6.45, 7) is 10.9. The molecule has 0 saturated heterocycles. The van der Waals surface area contributed by atoms with Crippen molar-refractivity contribution in [1.29, 1.82) is 0 Å². The van der Waals surface area contributed by atoms with Crippen molar-refractivity contribution in [3.8, 4) is 0 Å². The smallest absolute Gasteiger partial charge is 0.290 e. The molecule has 1 rings (SSSR count). The molecular formula is C13H28O2. The summed E-state index contributed by atoms with van der Waals surface area (Å²) in [6, 6.07) is 0. The van der Waals surface area contributed by atoms with E-state index in [1.54, 1.807) is 0 Å². The summed E-state index contributed by atoms with van der Waals surface area (Å²) in [6.07, 6.45) is 7.32. The lowest BCUT2D eigenvalue weighted by molar-refractivity contribution is -0.122. The lowest BCUT2D eigenvalue weighted by Gasteiger charge is -2.32. The van der Waals surface area contributed by atoms with Crippen LogP contribution >= 0.6 is 0 Å². The molecule has 1 saturated carbocycles. The zero-order chi connectivity index (χ0) is 12.3. The van der Waals surface area contributed by atoms with Gasteiger partial charge in [-0.3, -0.25) is 4.79 Å². The molecule has 2 heteroatoms. The van der Waals surface area contributed by atoms with Crippen molar-refractivity contribution in [3.63, 3.8) is 0 Å². The first-order chi connectivity index (χ1) is 7.13. The van der Waals surface area contributed by atoms with E-state index in [0.29, 0.717) is 0 Å². The van der Waals surface area contributed by atoms with E-state index in [1.807, 2.05) is 13.8 Å². The number of carbonyl (C=O) groups is 1. The maximum atomic E-state index is 8.36. The van der Waals surface area contributed by atoms with Crippen LogP contribution in [0.25, 0.3) is 0 Å². The van der Waals surface area contributed by atoms with E-state index in [4.69, 9.17) is 9.90 Å². The molecule has 0 radical (unpaired) electrons. The predicted molar refractivity (Wildman–Crippen MR) is 66.1 cm³/mol. The SMILES string of the molecule is CC.CCC1(C(C)C)CCCC1.O=CO. The average molecular weight is 216 g/mol. The van der Waals surface area contributed by atoms with Crippen LogP contribution in [-0.4, -0.2) is 11.6 Å². The third kappa shape index (κ3) is 5.81. The van der Waals surface area contributed by atoms with Gasteiger partial charge in [0.15, 0.2) is 0 Å². The highest BCUT2D eigenvalue weighted by Crippen LogP contribution is 2.46. The molecule has 92 valence electrons. The van der Waals surface area contributed by atoms with Gasteiger partial charge in [-0.1, -0.05) is 53.9 Å². The van der Waals surface area contributed by atoms with Crippen LogP contribution in [0.2, 0.25) is 0 Å². The van der Waals surface area contributed by atoms with Crippen LogP contribution in [0.5, 0.6) is 0 Å². The van der Waals surface area contributed by atoms with E-state index >= 15 is 0 Å². The molecule has 0 unspecified atom stereocenters. The summed E-state index contributed by atoms with van der Waals surface area (Å²) in [5, 5.41) is 6.89. The Labute approximate surface area is 95.1 Å². The third-order valence-corrected chi connectivity index (χ3v) is 3.53. The van der Waals surface area contributed by atoms with Crippen molar-refractivity contribution in [2.45, 2.75) is 66.7 Å². The molecule has 0 aromatic rings. The Morgan fingerprint density at radius 3 is 1.73 bits per heavy atom. The fourth-order valence-corrected chi connectivity index (χ4v) is 2.42. The van der Waals surface area contributed by atoms with Crippen molar-refractivity contribution in [1.82, 2.24) is 0 Å². The highest BCUT2D eigenvalue weighted by molar-refractivity contribution is 5.32. The molecule has 0 heterocycles. The minimum absolute atomic E-state index is 0.250. The Hall–Kier alpha value is -0.530. The molecule has 0 bridgehead atoms. The van der Waals surface area contributed by atoms with Crippen LogP contribution in [0.15, 0.2) is 0 Å². The van der Waals surface area contributed by atoms with Gasteiger partial charge >= 0.3 is 0 Å². The molecule has 0 atom stereocenters. The highest BCUT2D eigenvalue weighted by Gasteiger charge is 2.34. The zero-order valence-electron chi connectivity index (χ0n) is 11.0. The van der Waals surface area contributed by atoms with Gasteiger partial charge in [-0.2, -0.15) is 0 Å². The molecule has 2 nitrogen and oxygen atoms in total. The molecule has 0 aliphatic heterocycles. The van der Waals surface area contributed by atoms with E-state index in [2.05, 4.69) is 20.8 Å². The fraction of sp³-hybridized carbons (Fsp3) is 0.923. The lowest BCUT2D eigenvalue weighted by atomic mass is 9.74. The van der Waals surface area contributed by atoms with Gasteiger partial charge in [0.1, 0.15) is 0 Å². The first kappa shape index (κ1) is 16.9. The van der Waals surface area contributed by atoms with Crippen molar-refractivity contribution >= 4 is 6.47 Å². The van der Waals surface area contributed by atoms with Crippen LogP contribution in [0.1, 0.15) is 66.7 Å². The minimum atomic E-state index is -0.250. The fourth-order valence-electron chi connectivity index (χ4n) is 2.42. The van der Waals surface area contributed by atoms with E-state index in [0.717, 1.165) is 11.3 Å². The molecule has 0 aromatic heterocycles. The normalized spacial score (nSPS) is 17.2. The van der Waals surface area contributed by atoms with E-state index in [-0.39, 0.29) is 6.47 Å². The molecular weight excluding hydrogens is 188 g/mol. The van der Waals surface area contributed by atoms with Gasteiger partial charge in [0.2, 0.25) is 0 Å². The average Bonchev–Trinajstić information content (AvgIpc) is 2.71. The van der Waals surface area contributed by atoms with Gasteiger partial charge in [0, 0.05) is 0 Å². The zero-order valence-corrected chi connectivity index (χ0v) is 11.0. The van der Waals surface area contributed by atoms with Gasteiger partial charge in [0.05, 0.1) is 0 Å². The largest absolute Gasteiger partial charge is 0.483 e. The van der Waals surface area contributed by atoms with Crippen molar-refractivity contribution in [3.05, 3.63) is 0 Å². The van der Waals surface area contributed by atoms with E-state index < -0.39 is 0 Å². The topological polar surface area (TPSA) is 37.3 Å². The van der Waals surface area contributed by atoms with Crippen molar-refractivity contribution in [2.24, 2.45) is 11.3 Å². The van der Waals surface area contributed by atoms with Crippen molar-refractivity contribution in [2.75, 3.05) is 0 Å². The molecule has 1 N–H and O–H groups in total. The van der Waals surface area contributed by atoms with Gasteiger partial charge in [0.25, 0.3) is 6.47 Å². The van der Waals surface area contributed by atoms with Crippen LogP contribution in [0.3, 0.4) is 0 Å². The van der Waals surface area contributed by atoms with Gasteiger partial charge < -0.3 is 5.11 Å². The van der Waals surface area contributed by atoms with Gasteiger partial charge in [-0.15, -0.1) is 0 Å². The third-order valence-electron chi connectivity index (χ3n) is 3.53. The Balaban J connectivity index is 0. The highest BCUT2D eigenvalue weighted by atomic mass is 16.3. The molecule has 0 aromatic carbocycles. The summed E-state index contributed by atoms with van der Waals surface area (Å²) in [4.78, 5) is 8.36. The molecule has 15 heavy (non-hydrogen) atoms. The van der Waals surface area contributed by atoms with Crippen LogP contribution in [-0.2, 0) is 4.79 Å². The first-order valence-corrected chi connectivity index (χ1v) is 6.21. The predicted octanol–water partition coefficient (Wildman–Crippen LogP) is 4.34. The van der Waals surface area contributed by atoms with Gasteiger partial charge in [-0.25, -0.2) is 0 Å². The lowest BCUT2D eigenvalue weighted by Crippen LogP contribution is -2.22. The van der Waals surface area contributed by atoms with Crippen LogP contribution in [0.4, 0.5) is 0 Å². The van der Waals surface area contributed by atoms with Gasteiger partial charge in [-0.05, 0) is 24.2 Å². The van der Waals surface area contributed by atoms with Crippen LogP contribution < -0.4 is 0 Å². The number of rotatable bonds is 2. The van der Waals surface area contributed by atoms with Crippen LogP contribution in [0, 0.1) is 11.3 Å². The second-order valence-electron chi connectivity index (χ2n) is 4.18. The summed E-state index contributed by atoms with van der Waals surface area (Å²) in [5.41, 5.74) is 0.736. The minimum Gasteiger partial charge on any atom is -0.483 e. The maximum absolute atomic E-state index is 8.36. The second kappa shape index (κ2) is 10.0. The Morgan fingerprint density at radius 1 is 1.27 bits per heavy atom. The molecule has 1 aliphatic rings. The summed E-state index contributed by atoms with van der Waals surface area (Å²) in [5.74, 6) is 0.903. The molecule has 1 aliphatic carbocycles. The summed E-state index contributed by atoms with van der Waals surface area (Å²) < 4.78 is 0. The first-order valence-electron chi connectivity index (χ1n) is 6.21. The Kier molecular flexibility index (Phi) is 11.3. The Bertz CT molecular complexity index is 135. The standard InChI is InChI=1S/C10H20.C2H6.CH2O2/c1-4-10(9(2)3)7-5-6-8-10;1-2;2-1-3/h9H,4-8H2,1-3H3;1-2H3;1H,(H,2,3). The molecule has 0 amide bonds. The summed E-state index contributed by atoms with van der Waals surface area (Å²) in [7, 11) is 0. The molecule has 0 spiro atoms. The maximum Gasteiger partial charge on any atom is 0.290 e. The monoisotopic (exact) mass is 216 g/mol. The second-order valence-corrected chi connectivity index (χ2v) is 4.18. The Morgan fingerprint density at radius 2 is 1.60 bits per heavy atom. The number of hydrogen-bond acceptors (Lipinski definition) is 1. The van der Waals surface area contributed by atoms with Crippen molar-refractivity contribution < 1.29 is 9.90 Å². The van der Waals surface area contributed by atoms with E-state index in [1.165, 1.54) is 32.1 Å². The summed E-state index contributed by atoms with van der Waals surface area (Å²) >= 11 is 0.